The van der Waals surface area contributed by atoms with Gasteiger partial charge in [-0.25, -0.2) is 4.39 Å². The molecule has 0 aliphatic rings. The van der Waals surface area contributed by atoms with E-state index in [4.69, 9.17) is 4.43 Å². The van der Waals surface area contributed by atoms with Crippen LogP contribution in [0.1, 0.15) is 43.6 Å². The molecule has 2 atom stereocenters. The highest BCUT2D eigenvalue weighted by Crippen LogP contribution is 2.36. The first-order valence-corrected chi connectivity index (χ1v) is 14.2. The molecule has 30 heavy (non-hydrogen) atoms. The number of carboxylic acid groups (broad SMARTS) is 1. The van der Waals surface area contributed by atoms with Crippen LogP contribution in [0.3, 0.4) is 0 Å². The van der Waals surface area contributed by atoms with E-state index in [2.05, 4.69) is 46.0 Å². The fraction of sp³-hybridized carbons (Fsp3) is 0.458. The van der Waals surface area contributed by atoms with E-state index in [0.717, 1.165) is 23.1 Å². The van der Waals surface area contributed by atoms with Gasteiger partial charge < -0.3 is 9.53 Å². The van der Waals surface area contributed by atoms with Gasteiger partial charge in [0.05, 0.1) is 6.10 Å². The molecule has 2 rings (SSSR count). The summed E-state index contributed by atoms with van der Waals surface area (Å²) in [6.45, 7) is 10.9. The lowest BCUT2D eigenvalue weighted by Crippen LogP contribution is -2.26. The van der Waals surface area contributed by atoms with E-state index in [9.17, 15) is 14.3 Å². The topological polar surface area (TPSA) is 46.5 Å². The molecule has 164 valence electrons. The summed E-state index contributed by atoms with van der Waals surface area (Å²) < 4.78 is 19.3. The van der Waals surface area contributed by atoms with Gasteiger partial charge in [-0.2, -0.15) is 0 Å². The number of carboxylic acids is 1. The summed E-state index contributed by atoms with van der Waals surface area (Å²) in [5.74, 6) is -0.377. The van der Waals surface area contributed by atoms with Gasteiger partial charge in [0, 0.05) is 0 Å². The van der Waals surface area contributed by atoms with Crippen molar-refractivity contribution in [1.82, 2.24) is 0 Å². The number of aryl methyl sites for hydroxylation is 1. The maximum atomic E-state index is 13.0. The lowest BCUT2D eigenvalue weighted by atomic mass is 9.84. The Labute approximate surface area is 185 Å². The molecule has 0 fully saturated rings. The van der Waals surface area contributed by atoms with Crippen LogP contribution >= 0.6 is 11.8 Å². The smallest absolute Gasteiger partial charge is 0.316 e. The van der Waals surface area contributed by atoms with Crippen LogP contribution in [0.5, 0.6) is 0 Å². The predicted molar refractivity (Wildman–Crippen MR) is 126 cm³/mol. The average molecular weight is 449 g/mol. The minimum absolute atomic E-state index is 0.00140. The molecule has 0 saturated carbocycles. The molecule has 3 nitrogen and oxygen atoms in total. The fourth-order valence-electron chi connectivity index (χ4n) is 3.29. The van der Waals surface area contributed by atoms with Gasteiger partial charge in [-0.05, 0) is 65.9 Å². The van der Waals surface area contributed by atoms with Crippen LogP contribution in [-0.2, 0) is 22.1 Å². The van der Waals surface area contributed by atoms with E-state index in [0.29, 0.717) is 12.2 Å². The second-order valence-electron chi connectivity index (χ2n) is 8.95. The van der Waals surface area contributed by atoms with E-state index >= 15 is 0 Å². The second kappa shape index (κ2) is 11.1. The molecule has 6 heteroatoms. The number of benzene rings is 2. The number of rotatable bonds is 10. The Morgan fingerprint density at radius 3 is 2.13 bits per heavy atom. The molecule has 0 aromatic heterocycles. The Balaban J connectivity index is 1.99. The van der Waals surface area contributed by atoms with Crippen LogP contribution in [0.2, 0.25) is 13.1 Å². The predicted octanol–water partition coefficient (Wildman–Crippen LogP) is 5.88. The Morgan fingerprint density at radius 2 is 1.63 bits per heavy atom. The maximum Gasteiger partial charge on any atom is 0.316 e. The van der Waals surface area contributed by atoms with Gasteiger partial charge in [0.25, 0.3) is 0 Å². The third kappa shape index (κ3) is 7.89. The molecule has 0 spiro atoms. The number of hydrogen-bond donors (Lipinski definition) is 1. The van der Waals surface area contributed by atoms with Crippen LogP contribution in [0.25, 0.3) is 0 Å². The standard InChI is InChI=1S/C24H33FO3SSi/c1-24(2,3)22(28-30(4)5)19-10-6-18(7-11-19)16-21(23(26)27)29-15-14-17-8-12-20(25)13-9-17/h6-13,21-22,30H,14-16H2,1-5H3,(H,26,27). The van der Waals surface area contributed by atoms with Gasteiger partial charge in [-0.1, -0.05) is 57.2 Å². The third-order valence-corrected chi connectivity index (χ3v) is 6.82. The number of halogens is 1. The van der Waals surface area contributed by atoms with E-state index < -0.39 is 20.3 Å². The minimum atomic E-state index is -1.19. The SMILES string of the molecule is C[SiH](C)OC(c1ccc(CC(SCCc2ccc(F)cc2)C(=O)O)cc1)C(C)(C)C. The van der Waals surface area contributed by atoms with E-state index in [1.54, 1.807) is 12.1 Å². The molecule has 0 bridgehead atoms. The van der Waals surface area contributed by atoms with E-state index in [1.807, 2.05) is 12.1 Å². The summed E-state index contributed by atoms with van der Waals surface area (Å²) in [6, 6.07) is 14.6. The van der Waals surface area contributed by atoms with Crippen LogP contribution in [0.15, 0.2) is 48.5 Å². The normalized spacial score (nSPS) is 14.0. The summed E-state index contributed by atoms with van der Waals surface area (Å²) in [5, 5.41) is 9.13. The molecule has 2 unspecified atom stereocenters. The van der Waals surface area contributed by atoms with Gasteiger partial charge in [0.2, 0.25) is 0 Å². The first-order chi connectivity index (χ1) is 14.1. The zero-order valence-electron chi connectivity index (χ0n) is 18.5. The van der Waals surface area contributed by atoms with Gasteiger partial charge in [-0.3, -0.25) is 4.79 Å². The summed E-state index contributed by atoms with van der Waals surface area (Å²) in [6.07, 6.45) is 1.24. The summed E-state index contributed by atoms with van der Waals surface area (Å²) in [7, 11) is -1.19. The highest BCUT2D eigenvalue weighted by Gasteiger charge is 2.28. The Kier molecular flexibility index (Phi) is 9.13. The first kappa shape index (κ1) is 24.6. The van der Waals surface area contributed by atoms with Gasteiger partial charge in [0.1, 0.15) is 11.1 Å². The molecule has 0 radical (unpaired) electrons. The van der Waals surface area contributed by atoms with Crippen LogP contribution in [0, 0.1) is 11.2 Å². The number of thioether (sulfide) groups is 1. The zero-order valence-corrected chi connectivity index (χ0v) is 20.5. The molecule has 0 saturated heterocycles. The molecular formula is C24H33FO3SSi. The minimum Gasteiger partial charge on any atom is -0.480 e. The van der Waals surface area contributed by atoms with Crippen LogP contribution in [0.4, 0.5) is 4.39 Å². The lowest BCUT2D eigenvalue weighted by Gasteiger charge is -2.33. The highest BCUT2D eigenvalue weighted by atomic mass is 32.2. The third-order valence-electron chi connectivity index (χ3n) is 4.80. The number of aliphatic carboxylic acids is 1. The first-order valence-electron chi connectivity index (χ1n) is 10.4. The number of hydrogen-bond acceptors (Lipinski definition) is 3. The Bertz CT molecular complexity index is 801. The van der Waals surface area contributed by atoms with Gasteiger partial charge >= 0.3 is 5.97 Å². The van der Waals surface area contributed by atoms with Crippen molar-refractivity contribution < 1.29 is 18.7 Å². The second-order valence-corrected chi connectivity index (χ2v) is 12.6. The summed E-state index contributed by atoms with van der Waals surface area (Å²) in [5.41, 5.74) is 3.16. The van der Waals surface area contributed by atoms with Crippen molar-refractivity contribution in [1.29, 1.82) is 0 Å². The maximum absolute atomic E-state index is 13.0. The molecule has 0 amide bonds. The zero-order chi connectivity index (χ0) is 22.3. The van der Waals surface area contributed by atoms with Crippen molar-refractivity contribution in [2.45, 2.75) is 58.1 Å². The average Bonchev–Trinajstić information content (AvgIpc) is 2.66. The monoisotopic (exact) mass is 448 g/mol. The largest absolute Gasteiger partial charge is 0.480 e. The van der Waals surface area contributed by atoms with E-state index in [1.165, 1.54) is 23.9 Å². The molecule has 2 aromatic rings. The van der Waals surface area contributed by atoms with E-state index in [-0.39, 0.29) is 17.3 Å². The van der Waals surface area contributed by atoms with Crippen LogP contribution in [-0.4, -0.2) is 31.1 Å². The van der Waals surface area contributed by atoms with Crippen molar-refractivity contribution >= 4 is 26.8 Å². The van der Waals surface area contributed by atoms with Gasteiger partial charge in [0.15, 0.2) is 9.04 Å². The molecule has 0 aliphatic heterocycles. The molecule has 0 heterocycles. The van der Waals surface area contributed by atoms with Crippen molar-refractivity contribution in [2.24, 2.45) is 5.41 Å². The van der Waals surface area contributed by atoms with Crippen molar-refractivity contribution in [3.8, 4) is 0 Å². The molecule has 2 aromatic carbocycles. The fourth-order valence-corrected chi connectivity index (χ4v) is 5.49. The molecular weight excluding hydrogens is 415 g/mol. The van der Waals surface area contributed by atoms with Crippen molar-refractivity contribution in [3.63, 3.8) is 0 Å². The quantitative estimate of drug-likeness (QED) is 0.461. The summed E-state index contributed by atoms with van der Waals surface area (Å²) >= 11 is 1.43. The Morgan fingerprint density at radius 1 is 1.07 bits per heavy atom. The van der Waals surface area contributed by atoms with Crippen molar-refractivity contribution in [3.05, 3.63) is 71.0 Å². The lowest BCUT2D eigenvalue weighted by molar-refractivity contribution is -0.136. The Hall–Kier alpha value is -1.63. The summed E-state index contributed by atoms with van der Waals surface area (Å²) in [4.78, 5) is 11.7. The highest BCUT2D eigenvalue weighted by molar-refractivity contribution is 8.00. The molecule has 0 aliphatic carbocycles. The van der Waals surface area contributed by atoms with Crippen LogP contribution < -0.4 is 0 Å². The number of carbonyl (C=O) groups is 1. The van der Waals surface area contributed by atoms with Crippen molar-refractivity contribution in [2.75, 3.05) is 5.75 Å². The van der Waals surface area contributed by atoms with Gasteiger partial charge in [-0.15, -0.1) is 11.8 Å². The molecule has 1 N–H and O–H groups in total.